The van der Waals surface area contributed by atoms with Gasteiger partial charge in [-0.15, -0.1) is 11.8 Å². The van der Waals surface area contributed by atoms with Crippen molar-refractivity contribution in [3.63, 3.8) is 0 Å². The molecule has 0 spiro atoms. The van der Waals surface area contributed by atoms with Gasteiger partial charge in [0.15, 0.2) is 11.5 Å². The molecule has 2 heterocycles. The summed E-state index contributed by atoms with van der Waals surface area (Å²) in [6.07, 6.45) is 0.937. The number of hydrogen-bond donors (Lipinski definition) is 1. The van der Waals surface area contributed by atoms with Crippen LogP contribution >= 0.6 is 11.8 Å². The Morgan fingerprint density at radius 3 is 2.59 bits per heavy atom. The minimum absolute atomic E-state index is 0.249. The summed E-state index contributed by atoms with van der Waals surface area (Å²) in [7, 11) is 3.32. The zero-order valence-electron chi connectivity index (χ0n) is 18.0. The van der Waals surface area contributed by atoms with Gasteiger partial charge in [0.1, 0.15) is 17.2 Å². The van der Waals surface area contributed by atoms with Crippen LogP contribution in [0.4, 0.5) is 5.69 Å². The minimum Gasteiger partial charge on any atom is -0.508 e. The quantitative estimate of drug-likeness (QED) is 0.559. The maximum atomic E-state index is 10.4. The van der Waals surface area contributed by atoms with Crippen molar-refractivity contribution < 1.29 is 24.1 Å². The Labute approximate surface area is 191 Å². The summed E-state index contributed by atoms with van der Waals surface area (Å²) in [5.74, 6) is 3.42. The second-order valence-corrected chi connectivity index (χ2v) is 9.00. The highest BCUT2D eigenvalue weighted by Crippen LogP contribution is 2.48. The maximum absolute atomic E-state index is 10.4. The molecule has 2 aliphatic heterocycles. The van der Waals surface area contributed by atoms with Gasteiger partial charge in [-0.25, -0.2) is 0 Å². The Morgan fingerprint density at radius 2 is 1.75 bits per heavy atom. The van der Waals surface area contributed by atoms with Crippen molar-refractivity contribution in [1.82, 2.24) is 0 Å². The van der Waals surface area contributed by atoms with Gasteiger partial charge in [-0.1, -0.05) is 6.07 Å². The van der Waals surface area contributed by atoms with Gasteiger partial charge in [-0.2, -0.15) is 0 Å². The van der Waals surface area contributed by atoms with E-state index in [0.29, 0.717) is 6.54 Å². The van der Waals surface area contributed by atoms with E-state index in [9.17, 15) is 5.11 Å². The summed E-state index contributed by atoms with van der Waals surface area (Å²) in [4.78, 5) is 3.45. The largest absolute Gasteiger partial charge is 0.508 e. The molecule has 0 unspecified atom stereocenters. The monoisotopic (exact) mass is 451 g/mol. The topological polar surface area (TPSA) is 60.4 Å². The molecule has 0 amide bonds. The average molecular weight is 452 g/mol. The molecule has 1 N–H and O–H groups in total. The lowest BCUT2D eigenvalue weighted by Crippen LogP contribution is -2.24. The summed E-state index contributed by atoms with van der Waals surface area (Å²) >= 11 is 1.83. The molecule has 0 aromatic heterocycles. The maximum Gasteiger partial charge on any atom is 0.231 e. The van der Waals surface area contributed by atoms with Gasteiger partial charge in [0.05, 0.1) is 19.9 Å². The summed E-state index contributed by atoms with van der Waals surface area (Å²) in [6.45, 7) is 1.69. The highest BCUT2D eigenvalue weighted by Gasteiger charge is 2.26. The smallest absolute Gasteiger partial charge is 0.231 e. The van der Waals surface area contributed by atoms with Gasteiger partial charge in [-0.3, -0.25) is 0 Å². The van der Waals surface area contributed by atoms with E-state index in [-0.39, 0.29) is 17.8 Å². The molecule has 0 saturated heterocycles. The van der Waals surface area contributed by atoms with Gasteiger partial charge >= 0.3 is 0 Å². The number of rotatable bonds is 5. The van der Waals surface area contributed by atoms with Crippen LogP contribution in [0, 0.1) is 0 Å². The number of phenols is 1. The number of ether oxygens (including phenoxy) is 4. The SMILES string of the molecule is COc1ccc(O)c(CN2CC[C@H](c3ccc4c(c3)OCO4)Sc3cc(OC)ccc32)c1. The first-order chi connectivity index (χ1) is 15.6. The van der Waals surface area contributed by atoms with E-state index in [0.717, 1.165) is 52.1 Å². The zero-order valence-corrected chi connectivity index (χ0v) is 18.9. The second kappa shape index (κ2) is 8.74. The summed E-state index contributed by atoms with van der Waals surface area (Å²) in [5.41, 5.74) is 3.16. The number of benzene rings is 3. The van der Waals surface area contributed by atoms with E-state index in [4.69, 9.17) is 18.9 Å². The number of anilines is 1. The van der Waals surface area contributed by atoms with Crippen LogP contribution in [0.15, 0.2) is 59.5 Å². The van der Waals surface area contributed by atoms with Crippen molar-refractivity contribution in [2.45, 2.75) is 23.1 Å². The zero-order chi connectivity index (χ0) is 22.1. The molecule has 7 heteroatoms. The Hall–Kier alpha value is -3.19. The van der Waals surface area contributed by atoms with Gasteiger partial charge in [0, 0.05) is 28.8 Å². The molecule has 2 aliphatic rings. The first-order valence-electron chi connectivity index (χ1n) is 10.5. The third kappa shape index (κ3) is 4.00. The Balaban J connectivity index is 1.48. The molecule has 5 rings (SSSR count). The van der Waals surface area contributed by atoms with Crippen molar-refractivity contribution in [2.24, 2.45) is 0 Å². The fourth-order valence-corrected chi connectivity index (χ4v) is 5.43. The molecular weight excluding hydrogens is 426 g/mol. The molecular formula is C25H25NO5S. The van der Waals surface area contributed by atoms with Crippen LogP contribution < -0.4 is 23.8 Å². The summed E-state index contributed by atoms with van der Waals surface area (Å²) < 4.78 is 21.9. The van der Waals surface area contributed by atoms with E-state index in [1.165, 1.54) is 5.56 Å². The third-order valence-corrected chi connectivity index (χ3v) is 7.23. The third-order valence-electron chi connectivity index (χ3n) is 5.85. The number of phenolic OH excluding ortho intramolecular Hbond substituents is 1. The lowest BCUT2D eigenvalue weighted by atomic mass is 10.1. The molecule has 0 bridgehead atoms. The normalized spacial score (nSPS) is 16.9. The van der Waals surface area contributed by atoms with Crippen molar-refractivity contribution in [3.05, 3.63) is 65.7 Å². The molecule has 1 atom stereocenters. The average Bonchev–Trinajstić information content (AvgIpc) is 3.22. The van der Waals surface area contributed by atoms with E-state index in [1.54, 1.807) is 26.4 Å². The van der Waals surface area contributed by atoms with Gasteiger partial charge in [0.2, 0.25) is 6.79 Å². The van der Waals surface area contributed by atoms with Crippen LogP contribution in [0.3, 0.4) is 0 Å². The van der Waals surface area contributed by atoms with Crippen molar-refractivity contribution in [1.29, 1.82) is 0 Å². The van der Waals surface area contributed by atoms with Gasteiger partial charge in [0.25, 0.3) is 0 Å². The number of methoxy groups -OCH3 is 2. The highest BCUT2D eigenvalue weighted by atomic mass is 32.2. The number of hydrogen-bond acceptors (Lipinski definition) is 7. The fourth-order valence-electron chi connectivity index (χ4n) is 4.12. The molecule has 0 radical (unpaired) electrons. The van der Waals surface area contributed by atoms with Gasteiger partial charge in [-0.05, 0) is 60.5 Å². The van der Waals surface area contributed by atoms with Crippen LogP contribution in [0.5, 0.6) is 28.7 Å². The van der Waals surface area contributed by atoms with Crippen LogP contribution in [-0.2, 0) is 6.54 Å². The first kappa shape index (κ1) is 20.7. The predicted octanol–water partition coefficient (Wildman–Crippen LogP) is 5.38. The van der Waals surface area contributed by atoms with Crippen molar-refractivity contribution in [2.75, 3.05) is 32.5 Å². The predicted molar refractivity (Wildman–Crippen MR) is 124 cm³/mol. The van der Waals surface area contributed by atoms with Crippen LogP contribution in [0.2, 0.25) is 0 Å². The van der Waals surface area contributed by atoms with E-state index in [2.05, 4.69) is 29.2 Å². The van der Waals surface area contributed by atoms with E-state index >= 15 is 0 Å². The van der Waals surface area contributed by atoms with E-state index in [1.807, 2.05) is 30.0 Å². The standard InChI is InChI=1S/C25H25NO5S/c1-28-18-5-7-21(27)17(11-18)14-26-10-9-24(16-3-8-22-23(12-16)31-15-30-22)32-25-13-19(29-2)4-6-20(25)26/h3-8,11-13,24,27H,9-10,14-15H2,1-2H3/t24-/m1/s1. The molecule has 0 aliphatic carbocycles. The summed E-state index contributed by atoms with van der Waals surface area (Å²) in [6, 6.07) is 17.7. The first-order valence-corrected chi connectivity index (χ1v) is 11.4. The van der Waals surface area contributed by atoms with Crippen molar-refractivity contribution in [3.8, 4) is 28.7 Å². The Kier molecular flexibility index (Phi) is 5.66. The number of aromatic hydroxyl groups is 1. The fraction of sp³-hybridized carbons (Fsp3) is 0.280. The van der Waals surface area contributed by atoms with Crippen LogP contribution in [-0.4, -0.2) is 32.7 Å². The van der Waals surface area contributed by atoms with Crippen LogP contribution in [0.25, 0.3) is 0 Å². The molecule has 32 heavy (non-hydrogen) atoms. The molecule has 0 fully saturated rings. The lowest BCUT2D eigenvalue weighted by molar-refractivity contribution is 0.174. The van der Waals surface area contributed by atoms with Crippen LogP contribution in [0.1, 0.15) is 22.8 Å². The molecule has 0 saturated carbocycles. The second-order valence-electron chi connectivity index (χ2n) is 7.76. The highest BCUT2D eigenvalue weighted by molar-refractivity contribution is 7.99. The molecule has 6 nitrogen and oxygen atoms in total. The lowest BCUT2D eigenvalue weighted by Gasteiger charge is -2.25. The minimum atomic E-state index is 0.249. The van der Waals surface area contributed by atoms with Crippen molar-refractivity contribution >= 4 is 17.4 Å². The molecule has 166 valence electrons. The Bertz CT molecular complexity index is 1140. The number of fused-ring (bicyclic) bond motifs is 2. The molecule has 3 aromatic rings. The number of thioether (sulfide) groups is 1. The Morgan fingerprint density at radius 1 is 0.969 bits per heavy atom. The van der Waals surface area contributed by atoms with Gasteiger partial charge < -0.3 is 29.0 Å². The number of nitrogens with zero attached hydrogens (tertiary/aromatic N) is 1. The molecule has 3 aromatic carbocycles. The van der Waals surface area contributed by atoms with E-state index < -0.39 is 0 Å². The summed E-state index contributed by atoms with van der Waals surface area (Å²) in [5, 5.41) is 10.7.